The van der Waals surface area contributed by atoms with Crippen LogP contribution in [0.4, 0.5) is 0 Å². The Morgan fingerprint density at radius 2 is 1.56 bits per heavy atom. The maximum absolute atomic E-state index is 5.97. The van der Waals surface area contributed by atoms with E-state index in [-0.39, 0.29) is 0 Å². The van der Waals surface area contributed by atoms with E-state index in [4.69, 9.17) is 34.8 Å². The third-order valence-corrected chi connectivity index (χ3v) is 3.46. The summed E-state index contributed by atoms with van der Waals surface area (Å²) >= 11 is 20.9. The minimum atomic E-state index is 0.300. The molecule has 2 rings (SSSR count). The average molecular weight is 338 g/mol. The molecule has 0 unspecified atom stereocenters. The quantitative estimate of drug-likeness (QED) is 0.694. The summed E-state index contributed by atoms with van der Waals surface area (Å²) in [6.07, 6.45) is 0. The molecule has 0 atom stereocenters. The van der Waals surface area contributed by atoms with E-state index >= 15 is 0 Å². The Labute approximate surface area is 116 Å². The van der Waals surface area contributed by atoms with Crippen LogP contribution in [-0.2, 0) is 0 Å². The van der Waals surface area contributed by atoms with Crippen molar-refractivity contribution in [2.75, 3.05) is 0 Å². The lowest BCUT2D eigenvalue weighted by molar-refractivity contribution is 1.18. The van der Waals surface area contributed by atoms with Crippen molar-refractivity contribution in [2.45, 2.75) is 0 Å². The molecule has 0 aliphatic carbocycles. The topological polar surface area (TPSA) is 25.8 Å². The van der Waals surface area contributed by atoms with Crippen LogP contribution in [0, 0.1) is 0 Å². The minimum Gasteiger partial charge on any atom is -0.216 e. The van der Waals surface area contributed by atoms with Gasteiger partial charge in [0, 0.05) is 16.1 Å². The summed E-state index contributed by atoms with van der Waals surface area (Å²) in [5, 5.41) is 1.18. The van der Waals surface area contributed by atoms with Gasteiger partial charge in [0.25, 0.3) is 0 Å². The third kappa shape index (κ3) is 2.66. The molecule has 1 aromatic heterocycles. The van der Waals surface area contributed by atoms with Crippen LogP contribution in [-0.4, -0.2) is 9.97 Å². The normalized spacial score (nSPS) is 10.5. The second kappa shape index (κ2) is 4.88. The van der Waals surface area contributed by atoms with Crippen LogP contribution in [0.15, 0.2) is 28.7 Å². The van der Waals surface area contributed by atoms with E-state index in [1.165, 1.54) is 6.07 Å². The molecule has 0 saturated carbocycles. The van der Waals surface area contributed by atoms with Gasteiger partial charge in [0.2, 0.25) is 0 Å². The lowest BCUT2D eigenvalue weighted by Crippen LogP contribution is -1.90. The molecule has 2 nitrogen and oxygen atoms in total. The zero-order chi connectivity index (χ0) is 11.7. The molecule has 82 valence electrons. The molecule has 1 aromatic carbocycles. The van der Waals surface area contributed by atoms with Crippen LogP contribution < -0.4 is 0 Å². The smallest absolute Gasteiger partial charge is 0.162 e. The minimum absolute atomic E-state index is 0.300. The number of benzene rings is 1. The number of hydrogen-bond donors (Lipinski definition) is 0. The monoisotopic (exact) mass is 336 g/mol. The molecule has 1 heterocycles. The fourth-order valence-electron chi connectivity index (χ4n) is 1.15. The van der Waals surface area contributed by atoms with Gasteiger partial charge >= 0.3 is 0 Å². The summed E-state index contributed by atoms with van der Waals surface area (Å²) < 4.78 is 0.811. The van der Waals surface area contributed by atoms with Crippen molar-refractivity contribution in [1.29, 1.82) is 0 Å². The number of aromatic nitrogens is 2. The van der Waals surface area contributed by atoms with Gasteiger partial charge in [-0.25, -0.2) is 9.97 Å². The maximum atomic E-state index is 5.97. The maximum Gasteiger partial charge on any atom is 0.162 e. The highest BCUT2D eigenvalue weighted by Gasteiger charge is 2.06. The summed E-state index contributed by atoms with van der Waals surface area (Å²) in [7, 11) is 0. The van der Waals surface area contributed by atoms with Crippen LogP contribution in [0.5, 0.6) is 0 Å². The van der Waals surface area contributed by atoms with E-state index in [0.717, 1.165) is 10.0 Å². The second-order valence-electron chi connectivity index (χ2n) is 2.97. The molecule has 0 fully saturated rings. The molecule has 0 saturated heterocycles. The first-order chi connectivity index (χ1) is 7.56. The highest BCUT2D eigenvalue weighted by molar-refractivity contribution is 9.10. The lowest BCUT2D eigenvalue weighted by Gasteiger charge is -2.03. The molecule has 0 N–H and O–H groups in total. The van der Waals surface area contributed by atoms with E-state index < -0.39 is 0 Å². The molecule has 0 aliphatic rings. The molecular formula is C10H4BrCl3N2. The molecule has 0 bridgehead atoms. The predicted octanol–water partition coefficient (Wildman–Crippen LogP) is 4.87. The predicted molar refractivity (Wildman–Crippen MR) is 70.2 cm³/mol. The Morgan fingerprint density at radius 1 is 0.938 bits per heavy atom. The number of nitrogens with zero attached hydrogens (tertiary/aromatic N) is 2. The SMILES string of the molecule is Clc1cc(Cl)nc(-c2ccc(Br)c(Cl)c2)n1. The van der Waals surface area contributed by atoms with E-state index in [0.29, 0.717) is 21.2 Å². The summed E-state index contributed by atoms with van der Waals surface area (Å²) in [4.78, 5) is 8.14. The van der Waals surface area contributed by atoms with Crippen molar-refractivity contribution >= 4 is 50.7 Å². The Morgan fingerprint density at radius 3 is 2.12 bits per heavy atom. The van der Waals surface area contributed by atoms with Crippen LogP contribution >= 0.6 is 50.7 Å². The Bertz CT molecular complexity index is 525. The molecule has 0 spiro atoms. The first kappa shape index (κ1) is 12.1. The largest absolute Gasteiger partial charge is 0.216 e. The summed E-state index contributed by atoms with van der Waals surface area (Å²) in [5.74, 6) is 0.451. The van der Waals surface area contributed by atoms with Crippen molar-refractivity contribution in [3.63, 3.8) is 0 Å². The fraction of sp³-hybridized carbons (Fsp3) is 0. The summed E-state index contributed by atoms with van der Waals surface area (Å²) in [6.45, 7) is 0. The number of hydrogen-bond acceptors (Lipinski definition) is 2. The van der Waals surface area contributed by atoms with E-state index in [1.54, 1.807) is 6.07 Å². The van der Waals surface area contributed by atoms with Gasteiger partial charge in [0.05, 0.1) is 5.02 Å². The standard InChI is InChI=1S/C10H4BrCl3N2/c11-6-2-1-5(3-7(6)12)10-15-8(13)4-9(14)16-10/h1-4H. The van der Waals surface area contributed by atoms with Crippen molar-refractivity contribution in [1.82, 2.24) is 9.97 Å². The first-order valence-electron chi connectivity index (χ1n) is 4.22. The van der Waals surface area contributed by atoms with E-state index in [9.17, 15) is 0 Å². The first-order valence-corrected chi connectivity index (χ1v) is 6.14. The van der Waals surface area contributed by atoms with Crippen LogP contribution in [0.25, 0.3) is 11.4 Å². The van der Waals surface area contributed by atoms with Gasteiger partial charge in [0.15, 0.2) is 5.82 Å². The average Bonchev–Trinajstić information content (AvgIpc) is 2.20. The second-order valence-corrected chi connectivity index (χ2v) is 5.00. The van der Waals surface area contributed by atoms with Gasteiger partial charge in [-0.1, -0.05) is 34.8 Å². The Hall–Kier alpha value is -0.350. The molecule has 0 amide bonds. The molecule has 2 aromatic rings. The van der Waals surface area contributed by atoms with Gasteiger partial charge < -0.3 is 0 Å². The van der Waals surface area contributed by atoms with Crippen LogP contribution in [0.1, 0.15) is 0 Å². The highest BCUT2D eigenvalue weighted by Crippen LogP contribution is 2.28. The van der Waals surface area contributed by atoms with Crippen molar-refractivity contribution in [3.05, 3.63) is 44.1 Å². The van der Waals surface area contributed by atoms with Crippen LogP contribution in [0.2, 0.25) is 15.3 Å². The molecule has 6 heteroatoms. The van der Waals surface area contributed by atoms with Crippen LogP contribution in [0.3, 0.4) is 0 Å². The third-order valence-electron chi connectivity index (χ3n) is 1.84. The number of halogens is 4. The number of rotatable bonds is 1. The van der Waals surface area contributed by atoms with E-state index in [2.05, 4.69) is 25.9 Å². The van der Waals surface area contributed by atoms with Gasteiger partial charge in [-0.15, -0.1) is 0 Å². The highest BCUT2D eigenvalue weighted by atomic mass is 79.9. The molecule has 0 aliphatic heterocycles. The summed E-state index contributed by atoms with van der Waals surface area (Å²) in [6, 6.07) is 6.87. The van der Waals surface area contributed by atoms with E-state index in [1.807, 2.05) is 12.1 Å². The summed E-state index contributed by atoms with van der Waals surface area (Å²) in [5.41, 5.74) is 0.762. The van der Waals surface area contributed by atoms with Gasteiger partial charge in [-0.2, -0.15) is 0 Å². The van der Waals surface area contributed by atoms with Crippen molar-refractivity contribution in [3.8, 4) is 11.4 Å². The fourth-order valence-corrected chi connectivity index (χ4v) is 2.00. The zero-order valence-electron chi connectivity index (χ0n) is 7.72. The van der Waals surface area contributed by atoms with Gasteiger partial charge in [-0.05, 0) is 34.1 Å². The molecule has 0 radical (unpaired) electrons. The lowest BCUT2D eigenvalue weighted by atomic mass is 10.2. The van der Waals surface area contributed by atoms with Gasteiger partial charge in [-0.3, -0.25) is 0 Å². The molecular weight excluding hydrogens is 334 g/mol. The van der Waals surface area contributed by atoms with Gasteiger partial charge in [0.1, 0.15) is 10.3 Å². The Balaban J connectivity index is 2.54. The Kier molecular flexibility index (Phi) is 3.70. The van der Waals surface area contributed by atoms with Crippen molar-refractivity contribution < 1.29 is 0 Å². The zero-order valence-corrected chi connectivity index (χ0v) is 11.6. The van der Waals surface area contributed by atoms with Crippen molar-refractivity contribution in [2.24, 2.45) is 0 Å². The molecule has 16 heavy (non-hydrogen) atoms.